The molecule has 0 fully saturated rings. The predicted octanol–water partition coefficient (Wildman–Crippen LogP) is 7.10. The smallest absolute Gasteiger partial charge is 0.155 e. The summed E-state index contributed by atoms with van der Waals surface area (Å²) in [6, 6.07) is 35.1. The Hall–Kier alpha value is -4.31. The number of hydrogen-bond donors (Lipinski definition) is 0. The van der Waals surface area contributed by atoms with Crippen LogP contribution in [0.3, 0.4) is 0 Å². The zero-order valence-corrected chi connectivity index (χ0v) is 20.3. The van der Waals surface area contributed by atoms with E-state index in [0.717, 1.165) is 56.3 Å². The van der Waals surface area contributed by atoms with Crippen molar-refractivity contribution in [3.8, 4) is 5.69 Å². The maximum Gasteiger partial charge on any atom is 0.155 e. The molecule has 0 aliphatic heterocycles. The molecule has 1 heterocycles. The molecule has 0 unspecified atom stereocenters. The van der Waals surface area contributed by atoms with Gasteiger partial charge in [-0.15, -0.1) is 0 Å². The normalized spacial score (nSPS) is 12.3. The lowest BCUT2D eigenvalue weighted by Crippen LogP contribution is -2.09. The average molecular weight is 457 g/mol. The van der Waals surface area contributed by atoms with Gasteiger partial charge in [-0.05, 0) is 55.7 Å². The lowest BCUT2D eigenvalue weighted by molar-refractivity contribution is 0.988. The number of hydrogen-bond acceptors (Lipinski definition) is 2. The van der Waals surface area contributed by atoms with Crippen molar-refractivity contribution in [3.63, 3.8) is 0 Å². The molecule has 172 valence electrons. The van der Waals surface area contributed by atoms with Crippen LogP contribution in [0.5, 0.6) is 0 Å². The molecule has 35 heavy (non-hydrogen) atoms. The standard InChI is InChI=1S/C31H28N4/c1-22-27(17-12-20-29(22)35-24(3)34-28-18-10-11-19-30(28)35)31(32-21-25-13-6-4-7-14-25)33-23(2)26-15-8-5-9-16-26/h4-20H,21H2,1-3H3/b32-31-,33-23+. The molecule has 0 saturated heterocycles. The average Bonchev–Trinajstić information content (AvgIpc) is 3.23. The summed E-state index contributed by atoms with van der Waals surface area (Å²) < 4.78 is 2.22. The molecule has 0 saturated carbocycles. The Morgan fingerprint density at radius 2 is 1.46 bits per heavy atom. The van der Waals surface area contributed by atoms with E-state index in [2.05, 4.69) is 72.2 Å². The second-order valence-corrected chi connectivity index (χ2v) is 8.62. The summed E-state index contributed by atoms with van der Waals surface area (Å²) >= 11 is 0. The summed E-state index contributed by atoms with van der Waals surface area (Å²) in [4.78, 5) is 14.8. The molecule has 0 bridgehead atoms. The number of benzene rings is 4. The van der Waals surface area contributed by atoms with Gasteiger partial charge >= 0.3 is 0 Å². The summed E-state index contributed by atoms with van der Waals surface area (Å²) in [5.74, 6) is 1.69. The zero-order chi connectivity index (χ0) is 24.2. The molecule has 4 aromatic carbocycles. The molecule has 0 aliphatic carbocycles. The summed E-state index contributed by atoms with van der Waals surface area (Å²) in [5, 5.41) is 0. The molecular weight excluding hydrogens is 428 g/mol. The molecule has 0 amide bonds. The van der Waals surface area contributed by atoms with Crippen LogP contribution in [0.2, 0.25) is 0 Å². The minimum absolute atomic E-state index is 0.568. The van der Waals surface area contributed by atoms with Crippen molar-refractivity contribution < 1.29 is 0 Å². The van der Waals surface area contributed by atoms with Crippen molar-refractivity contribution >= 4 is 22.6 Å². The van der Waals surface area contributed by atoms with Crippen LogP contribution in [0.25, 0.3) is 16.7 Å². The molecule has 0 aliphatic rings. The Bertz CT molecular complexity index is 1530. The molecule has 5 aromatic rings. The number of aromatic nitrogens is 2. The number of rotatable bonds is 5. The highest BCUT2D eigenvalue weighted by Gasteiger charge is 2.15. The van der Waals surface area contributed by atoms with Crippen LogP contribution >= 0.6 is 0 Å². The first-order valence-electron chi connectivity index (χ1n) is 11.9. The van der Waals surface area contributed by atoms with Gasteiger partial charge in [-0.25, -0.2) is 9.98 Å². The fourth-order valence-electron chi connectivity index (χ4n) is 4.39. The van der Waals surface area contributed by atoms with Gasteiger partial charge in [0, 0.05) is 11.3 Å². The van der Waals surface area contributed by atoms with Gasteiger partial charge in [0.2, 0.25) is 0 Å². The van der Waals surface area contributed by atoms with Crippen molar-refractivity contribution in [2.24, 2.45) is 9.98 Å². The van der Waals surface area contributed by atoms with Gasteiger partial charge in [0.15, 0.2) is 5.84 Å². The number of aryl methyl sites for hydroxylation is 1. The quantitative estimate of drug-likeness (QED) is 0.205. The van der Waals surface area contributed by atoms with Crippen LogP contribution in [0.1, 0.15) is 35.0 Å². The maximum absolute atomic E-state index is 5.04. The van der Waals surface area contributed by atoms with Crippen molar-refractivity contribution in [2.45, 2.75) is 27.3 Å². The van der Waals surface area contributed by atoms with Gasteiger partial charge in [0.25, 0.3) is 0 Å². The van der Waals surface area contributed by atoms with E-state index in [4.69, 9.17) is 15.0 Å². The van der Waals surface area contributed by atoms with Gasteiger partial charge in [-0.3, -0.25) is 9.56 Å². The van der Waals surface area contributed by atoms with E-state index in [1.54, 1.807) is 0 Å². The number of nitrogens with zero attached hydrogens (tertiary/aromatic N) is 4. The summed E-state index contributed by atoms with van der Waals surface area (Å²) in [7, 11) is 0. The van der Waals surface area contributed by atoms with Crippen LogP contribution in [0, 0.1) is 13.8 Å². The zero-order valence-electron chi connectivity index (χ0n) is 20.3. The van der Waals surface area contributed by atoms with Crippen molar-refractivity contribution in [2.75, 3.05) is 0 Å². The van der Waals surface area contributed by atoms with Crippen molar-refractivity contribution in [3.05, 3.63) is 131 Å². The summed E-state index contributed by atoms with van der Waals surface area (Å²) in [6.07, 6.45) is 0. The van der Waals surface area contributed by atoms with E-state index in [1.165, 1.54) is 0 Å². The van der Waals surface area contributed by atoms with Crippen molar-refractivity contribution in [1.29, 1.82) is 0 Å². The molecule has 0 radical (unpaired) electrons. The predicted molar refractivity (Wildman–Crippen MR) is 146 cm³/mol. The second kappa shape index (κ2) is 9.90. The van der Waals surface area contributed by atoms with Crippen molar-refractivity contribution in [1.82, 2.24) is 9.55 Å². The fourth-order valence-corrected chi connectivity index (χ4v) is 4.39. The lowest BCUT2D eigenvalue weighted by Gasteiger charge is -2.15. The van der Waals surface area contributed by atoms with Gasteiger partial charge in [0.1, 0.15) is 5.82 Å². The lowest BCUT2D eigenvalue weighted by atomic mass is 10.0. The molecule has 1 aromatic heterocycles. The minimum atomic E-state index is 0.568. The van der Waals surface area contributed by atoms with Crippen LogP contribution in [-0.4, -0.2) is 21.1 Å². The first-order valence-corrected chi connectivity index (χ1v) is 11.9. The molecular formula is C31H28N4. The van der Waals surface area contributed by atoms with E-state index in [0.29, 0.717) is 6.54 Å². The largest absolute Gasteiger partial charge is 0.296 e. The Kier molecular flexibility index (Phi) is 6.36. The van der Waals surface area contributed by atoms with E-state index in [1.807, 2.05) is 56.3 Å². The minimum Gasteiger partial charge on any atom is -0.296 e. The van der Waals surface area contributed by atoms with E-state index < -0.39 is 0 Å². The van der Waals surface area contributed by atoms with E-state index >= 15 is 0 Å². The fraction of sp³-hybridized carbons (Fsp3) is 0.129. The van der Waals surface area contributed by atoms with Crippen LogP contribution in [0.15, 0.2) is 113 Å². The number of imidazole rings is 1. The van der Waals surface area contributed by atoms with Crippen LogP contribution in [0.4, 0.5) is 0 Å². The Balaban J connectivity index is 1.64. The van der Waals surface area contributed by atoms with Gasteiger partial charge in [-0.2, -0.15) is 0 Å². The molecule has 0 atom stereocenters. The van der Waals surface area contributed by atoms with Gasteiger partial charge < -0.3 is 0 Å². The molecule has 0 N–H and O–H groups in total. The first-order chi connectivity index (χ1) is 17.1. The molecule has 4 nitrogen and oxygen atoms in total. The Labute approximate surface area is 206 Å². The summed E-state index contributed by atoms with van der Waals surface area (Å²) in [5.41, 5.74) is 8.50. The Morgan fingerprint density at radius 1 is 0.771 bits per heavy atom. The SMILES string of the molecule is C/C(=N\C(=N/Cc1ccccc1)c1cccc(-n2c(C)nc3ccccc32)c1C)c1ccccc1. The van der Waals surface area contributed by atoms with Crippen LogP contribution in [-0.2, 0) is 6.54 Å². The third-order valence-corrected chi connectivity index (χ3v) is 6.23. The Morgan fingerprint density at radius 3 is 2.23 bits per heavy atom. The third kappa shape index (κ3) is 4.69. The number of para-hydroxylation sites is 2. The monoisotopic (exact) mass is 456 g/mol. The number of fused-ring (bicyclic) bond motifs is 1. The highest BCUT2D eigenvalue weighted by Crippen LogP contribution is 2.26. The van der Waals surface area contributed by atoms with Gasteiger partial charge in [-0.1, -0.05) is 84.9 Å². The second-order valence-electron chi connectivity index (χ2n) is 8.62. The molecule has 5 rings (SSSR count). The molecule has 0 spiro atoms. The van der Waals surface area contributed by atoms with E-state index in [9.17, 15) is 0 Å². The van der Waals surface area contributed by atoms with E-state index in [-0.39, 0.29) is 0 Å². The maximum atomic E-state index is 5.04. The summed E-state index contributed by atoms with van der Waals surface area (Å²) in [6.45, 7) is 6.80. The molecule has 4 heteroatoms. The number of aliphatic imine (C=N–C) groups is 2. The van der Waals surface area contributed by atoms with Gasteiger partial charge in [0.05, 0.1) is 23.3 Å². The topological polar surface area (TPSA) is 42.5 Å². The number of amidine groups is 1. The third-order valence-electron chi connectivity index (χ3n) is 6.23. The highest BCUT2D eigenvalue weighted by atomic mass is 15.1. The highest BCUT2D eigenvalue weighted by molar-refractivity contribution is 6.12. The van der Waals surface area contributed by atoms with Crippen LogP contribution < -0.4 is 0 Å². The first kappa shape index (κ1) is 22.5.